The maximum absolute atomic E-state index is 5.82. The highest BCUT2D eigenvalue weighted by Gasteiger charge is 2.22. The fourth-order valence-electron chi connectivity index (χ4n) is 3.25. The van der Waals surface area contributed by atoms with Gasteiger partial charge in [0, 0.05) is 12.2 Å². The number of rotatable bonds is 2. The number of nitrogen functional groups attached to an aromatic ring is 1. The van der Waals surface area contributed by atoms with Crippen molar-refractivity contribution in [3.05, 3.63) is 24.0 Å². The van der Waals surface area contributed by atoms with E-state index in [-0.39, 0.29) is 0 Å². The first-order chi connectivity index (χ1) is 8.63. The Morgan fingerprint density at radius 3 is 2.94 bits per heavy atom. The first-order valence-electron chi connectivity index (χ1n) is 6.86. The molecule has 1 saturated carbocycles. The molecule has 0 amide bonds. The molecule has 1 heterocycles. The maximum atomic E-state index is 5.82. The summed E-state index contributed by atoms with van der Waals surface area (Å²) in [5.41, 5.74) is 8.86. The Hall–Kier alpha value is -1.51. The summed E-state index contributed by atoms with van der Waals surface area (Å²) in [5.74, 6) is 2.81. The molecule has 0 aliphatic heterocycles. The van der Waals surface area contributed by atoms with Gasteiger partial charge < -0.3 is 10.3 Å². The Morgan fingerprint density at radius 2 is 2.22 bits per heavy atom. The van der Waals surface area contributed by atoms with Gasteiger partial charge in [0.1, 0.15) is 5.82 Å². The number of nitrogens with two attached hydrogens (primary N) is 1. The van der Waals surface area contributed by atoms with E-state index in [0.29, 0.717) is 0 Å². The zero-order valence-corrected chi connectivity index (χ0v) is 11.2. The monoisotopic (exact) mass is 243 g/mol. The van der Waals surface area contributed by atoms with Gasteiger partial charge in [-0.3, -0.25) is 0 Å². The molecule has 1 aromatic heterocycles. The molecule has 0 spiro atoms. The van der Waals surface area contributed by atoms with Crippen molar-refractivity contribution in [3.8, 4) is 0 Å². The molecule has 0 bridgehead atoms. The summed E-state index contributed by atoms with van der Waals surface area (Å²) < 4.78 is 2.36. The lowest BCUT2D eigenvalue weighted by Crippen LogP contribution is -2.09. The van der Waals surface area contributed by atoms with Crippen LogP contribution >= 0.6 is 0 Å². The number of hydrogen-bond acceptors (Lipinski definition) is 2. The summed E-state index contributed by atoms with van der Waals surface area (Å²) in [6.07, 6.45) is 4.09. The average molecular weight is 243 g/mol. The highest BCUT2D eigenvalue weighted by molar-refractivity contribution is 5.79. The van der Waals surface area contributed by atoms with E-state index in [1.807, 2.05) is 12.1 Å². The molecule has 3 nitrogen and oxygen atoms in total. The summed E-state index contributed by atoms with van der Waals surface area (Å²) in [6, 6.07) is 6.04. The Kier molecular flexibility index (Phi) is 2.77. The Labute approximate surface area is 108 Å². The highest BCUT2D eigenvalue weighted by atomic mass is 15.1. The number of imidazole rings is 1. The molecular weight excluding hydrogens is 222 g/mol. The van der Waals surface area contributed by atoms with Gasteiger partial charge in [-0.15, -0.1) is 0 Å². The fraction of sp³-hybridized carbons (Fsp3) is 0.533. The molecule has 0 radical (unpaired) electrons. The van der Waals surface area contributed by atoms with Gasteiger partial charge in [-0.05, 0) is 49.8 Å². The standard InChI is InChI=1S/C15H21N3/c1-10-3-4-12(7-10)9-18-11(2)17-14-8-13(16)5-6-15(14)18/h5-6,8,10,12H,3-4,7,9,16H2,1-2H3. The van der Waals surface area contributed by atoms with Crippen LogP contribution in [-0.2, 0) is 6.54 Å². The molecular formula is C15H21N3. The molecule has 2 N–H and O–H groups in total. The third-order valence-electron chi connectivity index (χ3n) is 4.21. The fourth-order valence-corrected chi connectivity index (χ4v) is 3.25. The van der Waals surface area contributed by atoms with Crippen LogP contribution < -0.4 is 5.73 Å². The molecule has 2 atom stereocenters. The van der Waals surface area contributed by atoms with E-state index in [4.69, 9.17) is 5.73 Å². The van der Waals surface area contributed by atoms with Crippen molar-refractivity contribution >= 4 is 16.7 Å². The van der Waals surface area contributed by atoms with Gasteiger partial charge in [0.25, 0.3) is 0 Å². The predicted molar refractivity (Wildman–Crippen MR) is 75.4 cm³/mol. The van der Waals surface area contributed by atoms with Crippen LogP contribution in [0.2, 0.25) is 0 Å². The van der Waals surface area contributed by atoms with Crippen LogP contribution in [-0.4, -0.2) is 9.55 Å². The summed E-state index contributed by atoms with van der Waals surface area (Å²) in [5, 5.41) is 0. The van der Waals surface area contributed by atoms with E-state index in [2.05, 4.69) is 29.5 Å². The van der Waals surface area contributed by atoms with E-state index >= 15 is 0 Å². The molecule has 1 aromatic carbocycles. The smallest absolute Gasteiger partial charge is 0.106 e. The topological polar surface area (TPSA) is 43.8 Å². The van der Waals surface area contributed by atoms with Gasteiger partial charge >= 0.3 is 0 Å². The molecule has 3 rings (SSSR count). The van der Waals surface area contributed by atoms with Crippen LogP contribution in [0, 0.1) is 18.8 Å². The van der Waals surface area contributed by atoms with Crippen molar-refractivity contribution in [2.24, 2.45) is 11.8 Å². The van der Waals surface area contributed by atoms with Crippen molar-refractivity contribution in [2.45, 2.75) is 39.7 Å². The number of hydrogen-bond donors (Lipinski definition) is 1. The van der Waals surface area contributed by atoms with Gasteiger partial charge in [-0.2, -0.15) is 0 Å². The van der Waals surface area contributed by atoms with Crippen LogP contribution in [0.15, 0.2) is 18.2 Å². The van der Waals surface area contributed by atoms with Crippen molar-refractivity contribution in [2.75, 3.05) is 5.73 Å². The van der Waals surface area contributed by atoms with Crippen LogP contribution in [0.4, 0.5) is 5.69 Å². The number of aromatic nitrogens is 2. The molecule has 3 heteroatoms. The second-order valence-electron chi connectivity index (χ2n) is 5.80. The first kappa shape index (κ1) is 11.6. The normalized spacial score (nSPS) is 23.9. The lowest BCUT2D eigenvalue weighted by Gasteiger charge is -2.13. The number of fused-ring (bicyclic) bond motifs is 1. The highest BCUT2D eigenvalue weighted by Crippen LogP contribution is 2.32. The van der Waals surface area contributed by atoms with Gasteiger partial charge in [0.2, 0.25) is 0 Å². The van der Waals surface area contributed by atoms with Gasteiger partial charge in [0.15, 0.2) is 0 Å². The van der Waals surface area contributed by atoms with E-state index in [1.54, 1.807) is 0 Å². The third-order valence-corrected chi connectivity index (χ3v) is 4.21. The number of nitrogens with zero attached hydrogens (tertiary/aromatic N) is 2. The Balaban J connectivity index is 1.93. The molecule has 18 heavy (non-hydrogen) atoms. The molecule has 1 fully saturated rings. The lowest BCUT2D eigenvalue weighted by atomic mass is 10.1. The summed E-state index contributed by atoms with van der Waals surface area (Å²) in [7, 11) is 0. The van der Waals surface area contributed by atoms with Gasteiger partial charge in [0.05, 0.1) is 11.0 Å². The van der Waals surface area contributed by atoms with Crippen molar-refractivity contribution in [1.29, 1.82) is 0 Å². The van der Waals surface area contributed by atoms with E-state index < -0.39 is 0 Å². The molecule has 2 unspecified atom stereocenters. The quantitative estimate of drug-likeness (QED) is 0.822. The second-order valence-corrected chi connectivity index (χ2v) is 5.80. The lowest BCUT2D eigenvalue weighted by molar-refractivity contribution is 0.442. The van der Waals surface area contributed by atoms with Crippen LogP contribution in [0.25, 0.3) is 11.0 Å². The number of benzene rings is 1. The van der Waals surface area contributed by atoms with Crippen LogP contribution in [0.1, 0.15) is 32.0 Å². The molecule has 1 aliphatic rings. The number of aryl methyl sites for hydroxylation is 1. The molecule has 2 aromatic rings. The molecule has 1 aliphatic carbocycles. The largest absolute Gasteiger partial charge is 0.399 e. The zero-order valence-electron chi connectivity index (χ0n) is 11.2. The molecule has 96 valence electrons. The Bertz CT molecular complexity index is 570. The van der Waals surface area contributed by atoms with Gasteiger partial charge in [-0.1, -0.05) is 13.3 Å². The third kappa shape index (κ3) is 1.98. The Morgan fingerprint density at radius 1 is 1.39 bits per heavy atom. The van der Waals surface area contributed by atoms with Crippen molar-refractivity contribution in [1.82, 2.24) is 9.55 Å². The maximum Gasteiger partial charge on any atom is 0.106 e. The summed E-state index contributed by atoms with van der Waals surface area (Å²) >= 11 is 0. The van der Waals surface area contributed by atoms with E-state index in [0.717, 1.165) is 35.4 Å². The minimum Gasteiger partial charge on any atom is -0.399 e. The average Bonchev–Trinajstić information content (AvgIpc) is 2.84. The SMILES string of the molecule is Cc1nc2cc(N)ccc2n1CC1CCC(C)C1. The summed E-state index contributed by atoms with van der Waals surface area (Å²) in [6.45, 7) is 5.56. The number of anilines is 1. The van der Waals surface area contributed by atoms with Gasteiger partial charge in [-0.25, -0.2) is 4.98 Å². The zero-order chi connectivity index (χ0) is 12.7. The second kappa shape index (κ2) is 4.30. The summed E-state index contributed by atoms with van der Waals surface area (Å²) in [4.78, 5) is 4.62. The van der Waals surface area contributed by atoms with E-state index in [9.17, 15) is 0 Å². The molecule has 0 saturated heterocycles. The first-order valence-corrected chi connectivity index (χ1v) is 6.86. The van der Waals surface area contributed by atoms with Crippen LogP contribution in [0.5, 0.6) is 0 Å². The van der Waals surface area contributed by atoms with E-state index in [1.165, 1.54) is 24.8 Å². The van der Waals surface area contributed by atoms with Crippen LogP contribution in [0.3, 0.4) is 0 Å². The van der Waals surface area contributed by atoms with Crippen molar-refractivity contribution < 1.29 is 0 Å². The predicted octanol–water partition coefficient (Wildman–Crippen LogP) is 3.36. The minimum atomic E-state index is 0.793. The van der Waals surface area contributed by atoms with Crippen molar-refractivity contribution in [3.63, 3.8) is 0 Å². The minimum absolute atomic E-state index is 0.793.